The number of aromatic nitrogens is 1. The summed E-state index contributed by atoms with van der Waals surface area (Å²) in [4.78, 5) is 10.8. The van der Waals surface area contributed by atoms with Gasteiger partial charge in [-0.1, -0.05) is 18.2 Å². The highest BCUT2D eigenvalue weighted by atomic mass is 19.1. The summed E-state index contributed by atoms with van der Waals surface area (Å²) >= 11 is 0. The van der Waals surface area contributed by atoms with E-state index in [0.717, 1.165) is 12.0 Å². The molecule has 2 rings (SSSR count). The molecule has 2 aromatic rings. The second-order valence-electron chi connectivity index (χ2n) is 3.69. The van der Waals surface area contributed by atoms with Crippen LogP contribution in [-0.4, -0.2) is 10.9 Å². The van der Waals surface area contributed by atoms with Gasteiger partial charge in [-0.3, -0.25) is 4.79 Å². The molecule has 3 heteroatoms. The van der Waals surface area contributed by atoms with Crippen LogP contribution < -0.4 is 0 Å². The number of hydrogen-bond acceptors (Lipinski definition) is 1. The molecule has 0 saturated carbocycles. The van der Waals surface area contributed by atoms with Crippen LogP contribution in [0.3, 0.4) is 0 Å². The zero-order valence-electron chi connectivity index (χ0n) is 8.98. The molecule has 0 spiro atoms. The lowest BCUT2D eigenvalue weighted by molar-refractivity contribution is 0.111. The van der Waals surface area contributed by atoms with Gasteiger partial charge in [0, 0.05) is 11.3 Å². The fraction of sp³-hybridized carbons (Fsp3) is 0.154. The first-order valence-corrected chi connectivity index (χ1v) is 5.07. The van der Waals surface area contributed by atoms with Crippen molar-refractivity contribution >= 4 is 6.29 Å². The number of aldehydes is 1. The van der Waals surface area contributed by atoms with Crippen molar-refractivity contribution in [1.82, 2.24) is 4.57 Å². The third kappa shape index (κ3) is 1.89. The standard InChI is InChI=1S/C13H12FNO/c1-10-6-7-12(9-16)15(10)8-11-4-2-3-5-13(11)14/h2-7,9H,8H2,1H3. The van der Waals surface area contributed by atoms with Crippen molar-refractivity contribution in [2.45, 2.75) is 13.5 Å². The maximum atomic E-state index is 13.4. The Balaban J connectivity index is 2.37. The highest BCUT2D eigenvalue weighted by molar-refractivity contribution is 5.72. The molecule has 0 bridgehead atoms. The second kappa shape index (κ2) is 4.31. The number of nitrogens with zero attached hydrogens (tertiary/aromatic N) is 1. The Hall–Kier alpha value is -1.90. The third-order valence-electron chi connectivity index (χ3n) is 2.64. The maximum absolute atomic E-state index is 13.4. The fourth-order valence-corrected chi connectivity index (χ4v) is 1.71. The largest absolute Gasteiger partial charge is 0.338 e. The Morgan fingerprint density at radius 1 is 1.25 bits per heavy atom. The van der Waals surface area contributed by atoms with Gasteiger partial charge in [0.1, 0.15) is 5.82 Å². The number of hydrogen-bond donors (Lipinski definition) is 0. The molecule has 0 radical (unpaired) electrons. The van der Waals surface area contributed by atoms with Crippen LogP contribution in [0, 0.1) is 12.7 Å². The van der Waals surface area contributed by atoms with Crippen LogP contribution in [-0.2, 0) is 6.54 Å². The van der Waals surface area contributed by atoms with Crippen LogP contribution in [0.1, 0.15) is 21.7 Å². The van der Waals surface area contributed by atoms with Crippen molar-refractivity contribution in [2.75, 3.05) is 0 Å². The lowest BCUT2D eigenvalue weighted by Crippen LogP contribution is -2.06. The van der Waals surface area contributed by atoms with Crippen molar-refractivity contribution in [1.29, 1.82) is 0 Å². The summed E-state index contributed by atoms with van der Waals surface area (Å²) in [6.07, 6.45) is 0.786. The molecule has 0 aliphatic carbocycles. The maximum Gasteiger partial charge on any atom is 0.166 e. The number of aryl methyl sites for hydroxylation is 1. The van der Waals surface area contributed by atoms with E-state index in [-0.39, 0.29) is 5.82 Å². The molecule has 0 unspecified atom stereocenters. The number of carbonyl (C=O) groups is 1. The van der Waals surface area contributed by atoms with E-state index in [1.165, 1.54) is 6.07 Å². The average molecular weight is 217 g/mol. The number of carbonyl (C=O) groups excluding carboxylic acids is 1. The van der Waals surface area contributed by atoms with Crippen LogP contribution in [0.2, 0.25) is 0 Å². The van der Waals surface area contributed by atoms with Gasteiger partial charge >= 0.3 is 0 Å². The van der Waals surface area contributed by atoms with Crippen molar-refractivity contribution in [3.8, 4) is 0 Å². The van der Waals surface area contributed by atoms with Crippen LogP contribution in [0.15, 0.2) is 36.4 Å². The quantitative estimate of drug-likeness (QED) is 0.724. The first kappa shape index (κ1) is 10.6. The first-order valence-electron chi connectivity index (χ1n) is 5.07. The lowest BCUT2D eigenvalue weighted by Gasteiger charge is -2.09. The van der Waals surface area contributed by atoms with Crippen LogP contribution in [0.4, 0.5) is 4.39 Å². The average Bonchev–Trinajstić information content (AvgIpc) is 2.63. The van der Waals surface area contributed by atoms with Gasteiger partial charge in [0.15, 0.2) is 6.29 Å². The fourth-order valence-electron chi connectivity index (χ4n) is 1.71. The van der Waals surface area contributed by atoms with E-state index in [1.54, 1.807) is 28.8 Å². The minimum atomic E-state index is -0.243. The molecule has 2 nitrogen and oxygen atoms in total. The van der Waals surface area contributed by atoms with Gasteiger partial charge in [0.2, 0.25) is 0 Å². The van der Waals surface area contributed by atoms with Gasteiger partial charge in [-0.15, -0.1) is 0 Å². The Morgan fingerprint density at radius 2 is 2.00 bits per heavy atom. The Labute approximate surface area is 93.3 Å². The first-order chi connectivity index (χ1) is 7.72. The van der Waals surface area contributed by atoms with Crippen molar-refractivity contribution in [3.05, 3.63) is 59.2 Å². The van der Waals surface area contributed by atoms with Crippen LogP contribution in [0.25, 0.3) is 0 Å². The predicted molar refractivity (Wildman–Crippen MR) is 60.1 cm³/mol. The molecule has 0 fully saturated rings. The molecule has 0 amide bonds. The van der Waals surface area contributed by atoms with Gasteiger partial charge in [-0.2, -0.15) is 0 Å². The topological polar surface area (TPSA) is 22.0 Å². The zero-order chi connectivity index (χ0) is 11.5. The summed E-state index contributed by atoms with van der Waals surface area (Å²) in [6.45, 7) is 2.29. The molecular weight excluding hydrogens is 205 g/mol. The summed E-state index contributed by atoms with van der Waals surface area (Å²) in [5.41, 5.74) is 2.11. The summed E-state index contributed by atoms with van der Waals surface area (Å²) in [7, 11) is 0. The highest BCUT2D eigenvalue weighted by Gasteiger charge is 2.07. The van der Waals surface area contributed by atoms with E-state index in [0.29, 0.717) is 17.8 Å². The molecule has 0 N–H and O–H groups in total. The minimum Gasteiger partial charge on any atom is -0.338 e. The van der Waals surface area contributed by atoms with E-state index in [1.807, 2.05) is 13.0 Å². The second-order valence-corrected chi connectivity index (χ2v) is 3.69. The van der Waals surface area contributed by atoms with Gasteiger partial charge in [0.05, 0.1) is 12.2 Å². The summed E-state index contributed by atoms with van der Waals surface area (Å²) in [5.74, 6) is -0.243. The molecule has 0 aliphatic rings. The molecular formula is C13H12FNO. The van der Waals surface area contributed by atoms with E-state index < -0.39 is 0 Å². The monoisotopic (exact) mass is 217 g/mol. The molecule has 16 heavy (non-hydrogen) atoms. The van der Waals surface area contributed by atoms with E-state index >= 15 is 0 Å². The SMILES string of the molecule is Cc1ccc(C=O)n1Cc1ccccc1F. The summed E-state index contributed by atoms with van der Waals surface area (Å²) in [6, 6.07) is 10.2. The predicted octanol–water partition coefficient (Wildman–Crippen LogP) is 2.80. The number of rotatable bonds is 3. The van der Waals surface area contributed by atoms with Gasteiger partial charge in [0.25, 0.3) is 0 Å². The Morgan fingerprint density at radius 3 is 2.69 bits per heavy atom. The lowest BCUT2D eigenvalue weighted by atomic mass is 10.2. The van der Waals surface area contributed by atoms with Gasteiger partial charge in [-0.25, -0.2) is 4.39 Å². The zero-order valence-corrected chi connectivity index (χ0v) is 8.98. The summed E-state index contributed by atoms with van der Waals surface area (Å²) in [5, 5.41) is 0. The molecule has 1 aromatic heterocycles. The van der Waals surface area contributed by atoms with Crippen LogP contribution in [0.5, 0.6) is 0 Å². The Kier molecular flexibility index (Phi) is 2.86. The number of halogens is 1. The van der Waals surface area contributed by atoms with E-state index in [2.05, 4.69) is 0 Å². The molecule has 0 atom stereocenters. The van der Waals surface area contributed by atoms with Crippen molar-refractivity contribution < 1.29 is 9.18 Å². The smallest absolute Gasteiger partial charge is 0.166 e. The molecule has 0 aliphatic heterocycles. The molecule has 82 valence electrons. The van der Waals surface area contributed by atoms with Crippen molar-refractivity contribution in [2.24, 2.45) is 0 Å². The summed E-state index contributed by atoms with van der Waals surface area (Å²) < 4.78 is 15.2. The normalized spacial score (nSPS) is 10.4. The molecule has 1 heterocycles. The third-order valence-corrected chi connectivity index (χ3v) is 2.64. The molecule has 1 aromatic carbocycles. The highest BCUT2D eigenvalue weighted by Crippen LogP contribution is 2.13. The van der Waals surface area contributed by atoms with E-state index in [4.69, 9.17) is 0 Å². The van der Waals surface area contributed by atoms with Crippen molar-refractivity contribution in [3.63, 3.8) is 0 Å². The van der Waals surface area contributed by atoms with Crippen LogP contribution >= 0.6 is 0 Å². The Bertz CT molecular complexity index is 516. The molecule has 0 saturated heterocycles. The number of benzene rings is 1. The van der Waals surface area contributed by atoms with E-state index in [9.17, 15) is 9.18 Å². The van der Waals surface area contributed by atoms with Gasteiger partial charge in [-0.05, 0) is 25.1 Å². The minimum absolute atomic E-state index is 0.243. The van der Waals surface area contributed by atoms with Gasteiger partial charge < -0.3 is 4.57 Å².